The SMILES string of the molecule is CC(=O)Nc1ccc(NC(=O)CCNCC2CCCO2)cc1. The molecule has 1 saturated heterocycles. The highest BCUT2D eigenvalue weighted by Crippen LogP contribution is 2.13. The summed E-state index contributed by atoms with van der Waals surface area (Å²) in [6.07, 6.45) is 2.94. The van der Waals surface area contributed by atoms with Gasteiger partial charge in [-0.25, -0.2) is 0 Å². The molecule has 6 nitrogen and oxygen atoms in total. The van der Waals surface area contributed by atoms with Crippen molar-refractivity contribution in [1.29, 1.82) is 0 Å². The van der Waals surface area contributed by atoms with Gasteiger partial charge in [-0.3, -0.25) is 9.59 Å². The number of carbonyl (C=O) groups is 2. The molecule has 120 valence electrons. The summed E-state index contributed by atoms with van der Waals surface area (Å²) in [5.41, 5.74) is 1.43. The van der Waals surface area contributed by atoms with E-state index >= 15 is 0 Å². The van der Waals surface area contributed by atoms with Crippen molar-refractivity contribution < 1.29 is 14.3 Å². The second kappa shape index (κ2) is 8.51. The fourth-order valence-electron chi connectivity index (χ4n) is 2.33. The molecule has 1 aliphatic rings. The third kappa shape index (κ3) is 5.83. The van der Waals surface area contributed by atoms with Gasteiger partial charge in [-0.15, -0.1) is 0 Å². The van der Waals surface area contributed by atoms with Crippen LogP contribution in [0, 0.1) is 0 Å². The number of rotatable bonds is 7. The van der Waals surface area contributed by atoms with Gasteiger partial charge in [0.25, 0.3) is 0 Å². The summed E-state index contributed by atoms with van der Waals surface area (Å²) < 4.78 is 5.50. The Hall–Kier alpha value is -1.92. The van der Waals surface area contributed by atoms with Crippen LogP contribution >= 0.6 is 0 Å². The lowest BCUT2D eigenvalue weighted by Crippen LogP contribution is -2.29. The van der Waals surface area contributed by atoms with Crippen LogP contribution in [0.4, 0.5) is 11.4 Å². The van der Waals surface area contributed by atoms with Crippen LogP contribution in [-0.4, -0.2) is 37.6 Å². The number of ether oxygens (including phenoxy) is 1. The van der Waals surface area contributed by atoms with Gasteiger partial charge in [0.2, 0.25) is 11.8 Å². The van der Waals surface area contributed by atoms with Gasteiger partial charge in [-0.05, 0) is 37.1 Å². The van der Waals surface area contributed by atoms with Gasteiger partial charge in [0, 0.05) is 44.4 Å². The zero-order chi connectivity index (χ0) is 15.8. The van der Waals surface area contributed by atoms with Crippen molar-refractivity contribution in [3.8, 4) is 0 Å². The zero-order valence-corrected chi connectivity index (χ0v) is 12.9. The first-order valence-corrected chi connectivity index (χ1v) is 7.63. The summed E-state index contributed by atoms with van der Waals surface area (Å²) in [5.74, 6) is -0.152. The quantitative estimate of drug-likeness (QED) is 0.670. The molecule has 0 bridgehead atoms. The Morgan fingerprint density at radius 1 is 1.18 bits per heavy atom. The number of carbonyl (C=O) groups excluding carboxylic acids is 2. The number of hydrogen-bond donors (Lipinski definition) is 3. The molecule has 0 radical (unpaired) electrons. The van der Waals surface area contributed by atoms with Crippen LogP contribution in [0.5, 0.6) is 0 Å². The van der Waals surface area contributed by atoms with Gasteiger partial charge in [-0.1, -0.05) is 0 Å². The zero-order valence-electron chi connectivity index (χ0n) is 12.9. The predicted molar refractivity (Wildman–Crippen MR) is 85.8 cm³/mol. The van der Waals surface area contributed by atoms with Crippen molar-refractivity contribution in [2.24, 2.45) is 0 Å². The molecule has 1 unspecified atom stereocenters. The van der Waals surface area contributed by atoms with E-state index in [0.717, 1.165) is 31.7 Å². The molecular weight excluding hydrogens is 282 g/mol. The van der Waals surface area contributed by atoms with E-state index < -0.39 is 0 Å². The summed E-state index contributed by atoms with van der Waals surface area (Å²) in [6.45, 7) is 3.75. The molecule has 1 aromatic rings. The number of nitrogens with one attached hydrogen (secondary N) is 3. The van der Waals surface area contributed by atoms with Crippen molar-refractivity contribution in [2.45, 2.75) is 32.3 Å². The van der Waals surface area contributed by atoms with Crippen LogP contribution in [0.2, 0.25) is 0 Å². The normalized spacial score (nSPS) is 17.2. The lowest BCUT2D eigenvalue weighted by molar-refractivity contribution is -0.116. The number of amides is 2. The first-order chi connectivity index (χ1) is 10.6. The second-order valence-corrected chi connectivity index (χ2v) is 5.40. The molecule has 1 heterocycles. The summed E-state index contributed by atoms with van der Waals surface area (Å²) in [5, 5.41) is 8.75. The molecule has 22 heavy (non-hydrogen) atoms. The Morgan fingerprint density at radius 3 is 2.45 bits per heavy atom. The van der Waals surface area contributed by atoms with E-state index in [1.807, 2.05) is 0 Å². The molecule has 0 aliphatic carbocycles. The molecule has 2 amide bonds. The topological polar surface area (TPSA) is 79.5 Å². The van der Waals surface area contributed by atoms with Gasteiger partial charge in [-0.2, -0.15) is 0 Å². The molecule has 1 atom stereocenters. The van der Waals surface area contributed by atoms with E-state index in [1.165, 1.54) is 6.92 Å². The maximum absolute atomic E-state index is 11.8. The highest BCUT2D eigenvalue weighted by Gasteiger charge is 2.14. The van der Waals surface area contributed by atoms with Crippen molar-refractivity contribution in [1.82, 2.24) is 5.32 Å². The van der Waals surface area contributed by atoms with Crippen LogP contribution in [0.1, 0.15) is 26.2 Å². The monoisotopic (exact) mass is 305 g/mol. The van der Waals surface area contributed by atoms with Crippen molar-refractivity contribution in [3.05, 3.63) is 24.3 Å². The van der Waals surface area contributed by atoms with Crippen molar-refractivity contribution >= 4 is 23.2 Å². The van der Waals surface area contributed by atoms with Gasteiger partial charge in [0.1, 0.15) is 0 Å². The molecule has 1 aromatic carbocycles. The van der Waals surface area contributed by atoms with Gasteiger partial charge < -0.3 is 20.7 Å². The Morgan fingerprint density at radius 2 is 1.86 bits per heavy atom. The molecule has 3 N–H and O–H groups in total. The fourth-order valence-corrected chi connectivity index (χ4v) is 2.33. The van der Waals surface area contributed by atoms with Crippen LogP contribution in [-0.2, 0) is 14.3 Å². The Bertz CT molecular complexity index is 496. The number of benzene rings is 1. The molecule has 1 fully saturated rings. The van der Waals surface area contributed by atoms with Crippen LogP contribution in [0.15, 0.2) is 24.3 Å². The first kappa shape index (κ1) is 16.5. The molecule has 1 aliphatic heterocycles. The minimum atomic E-state index is -0.117. The largest absolute Gasteiger partial charge is 0.377 e. The molecule has 6 heteroatoms. The number of hydrogen-bond acceptors (Lipinski definition) is 4. The third-order valence-corrected chi connectivity index (χ3v) is 3.41. The van der Waals surface area contributed by atoms with Crippen LogP contribution < -0.4 is 16.0 Å². The maximum atomic E-state index is 11.8. The van der Waals surface area contributed by atoms with Gasteiger partial charge >= 0.3 is 0 Å². The lowest BCUT2D eigenvalue weighted by atomic mass is 10.2. The van der Waals surface area contributed by atoms with Crippen molar-refractivity contribution in [2.75, 3.05) is 30.3 Å². The van der Waals surface area contributed by atoms with Crippen molar-refractivity contribution in [3.63, 3.8) is 0 Å². The Labute approximate surface area is 130 Å². The van der Waals surface area contributed by atoms with Crippen LogP contribution in [0.3, 0.4) is 0 Å². The molecule has 0 aromatic heterocycles. The Kier molecular flexibility index (Phi) is 6.36. The van der Waals surface area contributed by atoms with E-state index in [-0.39, 0.29) is 11.8 Å². The highest BCUT2D eigenvalue weighted by molar-refractivity contribution is 5.92. The maximum Gasteiger partial charge on any atom is 0.225 e. The van der Waals surface area contributed by atoms with Gasteiger partial charge in [0.15, 0.2) is 0 Å². The van der Waals surface area contributed by atoms with E-state index in [1.54, 1.807) is 24.3 Å². The summed E-state index contributed by atoms with van der Waals surface area (Å²) >= 11 is 0. The molecule has 0 saturated carbocycles. The summed E-state index contributed by atoms with van der Waals surface area (Å²) in [7, 11) is 0. The Balaban J connectivity index is 1.64. The van der Waals surface area contributed by atoms with E-state index in [0.29, 0.717) is 24.8 Å². The van der Waals surface area contributed by atoms with Gasteiger partial charge in [0.05, 0.1) is 6.10 Å². The molecular formula is C16H23N3O3. The second-order valence-electron chi connectivity index (χ2n) is 5.40. The molecule has 2 rings (SSSR count). The lowest BCUT2D eigenvalue weighted by Gasteiger charge is -2.11. The first-order valence-electron chi connectivity index (χ1n) is 7.63. The third-order valence-electron chi connectivity index (χ3n) is 3.41. The highest BCUT2D eigenvalue weighted by atomic mass is 16.5. The van der Waals surface area contributed by atoms with E-state index in [2.05, 4.69) is 16.0 Å². The minimum absolute atomic E-state index is 0.0351. The van der Waals surface area contributed by atoms with Crippen LogP contribution in [0.25, 0.3) is 0 Å². The minimum Gasteiger partial charge on any atom is -0.377 e. The fraction of sp³-hybridized carbons (Fsp3) is 0.500. The van der Waals surface area contributed by atoms with E-state index in [9.17, 15) is 9.59 Å². The summed E-state index contributed by atoms with van der Waals surface area (Å²) in [6, 6.07) is 7.05. The average molecular weight is 305 g/mol. The predicted octanol–water partition coefficient (Wildman–Crippen LogP) is 1.74. The summed E-state index contributed by atoms with van der Waals surface area (Å²) in [4.78, 5) is 22.7. The average Bonchev–Trinajstić information content (AvgIpc) is 2.98. The van der Waals surface area contributed by atoms with E-state index in [4.69, 9.17) is 4.74 Å². The smallest absolute Gasteiger partial charge is 0.225 e. The number of anilines is 2. The standard InChI is InChI=1S/C16H23N3O3/c1-12(20)18-13-4-6-14(7-5-13)19-16(21)8-9-17-11-15-3-2-10-22-15/h4-7,15,17H,2-3,8-11H2,1H3,(H,18,20)(H,19,21). The molecule has 0 spiro atoms.